The van der Waals surface area contributed by atoms with E-state index in [0.717, 1.165) is 39.0 Å². The number of fused-ring (bicyclic) bond motifs is 10. The van der Waals surface area contributed by atoms with Crippen LogP contribution in [0.4, 0.5) is 17.1 Å². The Morgan fingerprint density at radius 2 is 0.984 bits per heavy atom. The van der Waals surface area contributed by atoms with Gasteiger partial charge in [0.05, 0.1) is 22.4 Å². The third kappa shape index (κ3) is 5.41. The molecule has 2 aromatic heterocycles. The minimum atomic E-state index is -0.205. The number of furan rings is 1. The maximum Gasteiger partial charge on any atom is 0.137 e. The summed E-state index contributed by atoms with van der Waals surface area (Å²) in [5.41, 5.74) is 18.5. The molecule has 64 heavy (non-hydrogen) atoms. The van der Waals surface area contributed by atoms with Crippen LogP contribution in [-0.2, 0) is 5.41 Å². The van der Waals surface area contributed by atoms with Crippen LogP contribution in [0.5, 0.6) is 0 Å². The Hall–Kier alpha value is -8.14. The fourth-order valence-corrected chi connectivity index (χ4v) is 10.8. The molecule has 0 unspecified atom stereocenters. The smallest absolute Gasteiger partial charge is 0.137 e. The summed E-state index contributed by atoms with van der Waals surface area (Å²) in [5, 5.41) is 7.11. The Morgan fingerprint density at radius 3 is 1.75 bits per heavy atom. The molecule has 0 amide bonds. The summed E-state index contributed by atoms with van der Waals surface area (Å²) in [6, 6.07) is 79.7. The molecule has 3 nitrogen and oxygen atoms in total. The quantitative estimate of drug-likeness (QED) is 0.167. The SMILES string of the molecule is CC1(C)c2ccccc2-c2c(-n3c4ccccc4c4ccccc43)cc(-c3ccc(N(c4ccc(-c5ccccc5)cc4)c4ccc5c(c4)oc4ccccc45)c4ccccc34)cc21. The van der Waals surface area contributed by atoms with E-state index in [0.29, 0.717) is 0 Å². The van der Waals surface area contributed by atoms with Crippen molar-refractivity contribution >= 4 is 71.6 Å². The van der Waals surface area contributed by atoms with Gasteiger partial charge >= 0.3 is 0 Å². The van der Waals surface area contributed by atoms with Crippen LogP contribution in [0.1, 0.15) is 25.0 Å². The molecule has 0 fully saturated rings. The topological polar surface area (TPSA) is 21.3 Å². The second kappa shape index (κ2) is 13.9. The van der Waals surface area contributed by atoms with Crippen molar-refractivity contribution < 1.29 is 4.42 Å². The Kier molecular flexibility index (Phi) is 7.95. The molecule has 10 aromatic carbocycles. The van der Waals surface area contributed by atoms with Gasteiger partial charge in [0.1, 0.15) is 11.2 Å². The minimum Gasteiger partial charge on any atom is -0.456 e. The van der Waals surface area contributed by atoms with E-state index < -0.39 is 0 Å². The van der Waals surface area contributed by atoms with Crippen molar-refractivity contribution in [2.24, 2.45) is 0 Å². The maximum absolute atomic E-state index is 6.50. The molecule has 0 radical (unpaired) electrons. The number of aromatic nitrogens is 1. The van der Waals surface area contributed by atoms with Gasteiger partial charge in [0.25, 0.3) is 0 Å². The summed E-state index contributed by atoms with van der Waals surface area (Å²) in [4.78, 5) is 2.39. The Morgan fingerprint density at radius 1 is 0.391 bits per heavy atom. The highest BCUT2D eigenvalue weighted by Crippen LogP contribution is 2.54. The highest BCUT2D eigenvalue weighted by atomic mass is 16.3. The summed E-state index contributed by atoms with van der Waals surface area (Å²) in [7, 11) is 0. The number of para-hydroxylation sites is 3. The molecular formula is C61H42N2O. The lowest BCUT2D eigenvalue weighted by atomic mass is 9.81. The van der Waals surface area contributed by atoms with E-state index in [-0.39, 0.29) is 5.41 Å². The summed E-state index contributed by atoms with van der Waals surface area (Å²) >= 11 is 0. The van der Waals surface area contributed by atoms with Gasteiger partial charge in [0, 0.05) is 55.4 Å². The Labute approximate surface area is 371 Å². The molecule has 302 valence electrons. The van der Waals surface area contributed by atoms with Crippen molar-refractivity contribution in [3.63, 3.8) is 0 Å². The van der Waals surface area contributed by atoms with E-state index in [1.807, 2.05) is 12.1 Å². The maximum atomic E-state index is 6.50. The van der Waals surface area contributed by atoms with Crippen molar-refractivity contribution in [1.29, 1.82) is 0 Å². The number of nitrogens with zero attached hydrogens (tertiary/aromatic N) is 2. The average Bonchev–Trinajstić information content (AvgIpc) is 3.97. The Balaban J connectivity index is 1.05. The summed E-state index contributed by atoms with van der Waals surface area (Å²) in [5.74, 6) is 0. The number of anilines is 3. The first-order valence-corrected chi connectivity index (χ1v) is 22.2. The molecule has 0 spiro atoms. The molecule has 1 aliphatic rings. The highest BCUT2D eigenvalue weighted by Gasteiger charge is 2.38. The van der Waals surface area contributed by atoms with E-state index in [1.54, 1.807) is 0 Å². The second-order valence-corrected chi connectivity index (χ2v) is 17.7. The number of rotatable bonds is 6. The third-order valence-corrected chi connectivity index (χ3v) is 13.8. The van der Waals surface area contributed by atoms with Gasteiger partial charge < -0.3 is 13.9 Å². The lowest BCUT2D eigenvalue weighted by Gasteiger charge is -2.28. The molecule has 0 bridgehead atoms. The number of hydrogen-bond acceptors (Lipinski definition) is 2. The first-order valence-electron chi connectivity index (χ1n) is 22.2. The monoisotopic (exact) mass is 818 g/mol. The molecule has 0 atom stereocenters. The van der Waals surface area contributed by atoms with E-state index >= 15 is 0 Å². The van der Waals surface area contributed by atoms with E-state index in [9.17, 15) is 0 Å². The van der Waals surface area contributed by atoms with Crippen LogP contribution < -0.4 is 4.90 Å². The van der Waals surface area contributed by atoms with Crippen LogP contribution >= 0.6 is 0 Å². The van der Waals surface area contributed by atoms with Gasteiger partial charge in [-0.15, -0.1) is 0 Å². The first-order chi connectivity index (χ1) is 31.5. The molecule has 0 saturated carbocycles. The molecule has 0 aliphatic heterocycles. The van der Waals surface area contributed by atoms with Gasteiger partial charge in [-0.25, -0.2) is 0 Å². The largest absolute Gasteiger partial charge is 0.456 e. The zero-order chi connectivity index (χ0) is 42.5. The van der Waals surface area contributed by atoms with Crippen LogP contribution in [0.15, 0.2) is 223 Å². The minimum absolute atomic E-state index is 0.205. The fourth-order valence-electron chi connectivity index (χ4n) is 10.8. The van der Waals surface area contributed by atoms with Crippen LogP contribution in [0.3, 0.4) is 0 Å². The second-order valence-electron chi connectivity index (χ2n) is 17.7. The molecule has 3 heteroatoms. The summed E-state index contributed by atoms with van der Waals surface area (Å²) in [6.45, 7) is 4.77. The lowest BCUT2D eigenvalue weighted by molar-refractivity contribution is 0.660. The Bertz CT molecular complexity index is 3760. The van der Waals surface area contributed by atoms with Crippen LogP contribution in [0.2, 0.25) is 0 Å². The predicted molar refractivity (Wildman–Crippen MR) is 269 cm³/mol. The van der Waals surface area contributed by atoms with Crippen molar-refractivity contribution in [2.45, 2.75) is 19.3 Å². The zero-order valence-electron chi connectivity index (χ0n) is 35.6. The number of benzene rings is 10. The molecule has 13 rings (SSSR count). The van der Waals surface area contributed by atoms with E-state index in [1.165, 1.54) is 82.8 Å². The normalized spacial score (nSPS) is 13.0. The van der Waals surface area contributed by atoms with Gasteiger partial charge in [-0.05, 0) is 105 Å². The van der Waals surface area contributed by atoms with Gasteiger partial charge in [-0.2, -0.15) is 0 Å². The van der Waals surface area contributed by atoms with Crippen LogP contribution in [-0.4, -0.2) is 4.57 Å². The standard InChI is InChI=1S/C61H42N2O/c1-61(2)52-24-12-8-23-51(52)60-53(61)36-41(37-57(60)63-54-25-13-9-20-47(54)48-21-10-14-26-55(48)63)44-34-35-56(46-19-7-6-18-45(44)46)62(42-30-28-40(29-31-42)39-16-4-3-5-17-39)43-32-33-50-49-22-11-15-27-58(49)64-59(50)38-43/h3-38H,1-2H3. The summed E-state index contributed by atoms with van der Waals surface area (Å²) < 4.78 is 9.01. The van der Waals surface area contributed by atoms with E-state index in [4.69, 9.17) is 4.42 Å². The molecule has 2 heterocycles. The molecule has 12 aromatic rings. The predicted octanol–water partition coefficient (Wildman–Crippen LogP) is 16.9. The molecule has 1 aliphatic carbocycles. The van der Waals surface area contributed by atoms with Gasteiger partial charge in [0.2, 0.25) is 0 Å². The van der Waals surface area contributed by atoms with Gasteiger partial charge in [-0.3, -0.25) is 0 Å². The van der Waals surface area contributed by atoms with Crippen molar-refractivity contribution in [3.8, 4) is 39.1 Å². The lowest BCUT2D eigenvalue weighted by Crippen LogP contribution is -2.15. The van der Waals surface area contributed by atoms with E-state index in [2.05, 4.69) is 230 Å². The highest BCUT2D eigenvalue weighted by molar-refractivity contribution is 6.12. The van der Waals surface area contributed by atoms with Crippen molar-refractivity contribution in [2.75, 3.05) is 4.90 Å². The number of hydrogen-bond donors (Lipinski definition) is 0. The van der Waals surface area contributed by atoms with Gasteiger partial charge in [-0.1, -0.05) is 166 Å². The fraction of sp³-hybridized carbons (Fsp3) is 0.0492. The van der Waals surface area contributed by atoms with Gasteiger partial charge in [0.15, 0.2) is 0 Å². The van der Waals surface area contributed by atoms with Crippen molar-refractivity contribution in [1.82, 2.24) is 4.57 Å². The molecule has 0 N–H and O–H groups in total. The third-order valence-electron chi connectivity index (χ3n) is 13.8. The summed E-state index contributed by atoms with van der Waals surface area (Å²) in [6.07, 6.45) is 0. The van der Waals surface area contributed by atoms with Crippen molar-refractivity contribution in [3.05, 3.63) is 230 Å². The first kappa shape index (κ1) is 36.5. The van der Waals surface area contributed by atoms with Crippen LogP contribution in [0, 0.1) is 0 Å². The molecular weight excluding hydrogens is 777 g/mol. The van der Waals surface area contributed by atoms with Crippen LogP contribution in [0.25, 0.3) is 93.6 Å². The average molecular weight is 819 g/mol. The molecule has 0 saturated heterocycles. The zero-order valence-corrected chi connectivity index (χ0v) is 35.6.